The van der Waals surface area contributed by atoms with Gasteiger partial charge in [-0.25, -0.2) is 22.0 Å². The Hall–Kier alpha value is -3.19. The number of fused-ring (bicyclic) bond motifs is 1. The first kappa shape index (κ1) is 24.0. The molecule has 0 bridgehead atoms. The molecule has 180 valence electrons. The van der Waals surface area contributed by atoms with Crippen LogP contribution in [0.1, 0.15) is 30.7 Å². The normalized spacial score (nSPS) is 19.5. The molecule has 0 saturated heterocycles. The first-order valence-electron chi connectivity index (χ1n) is 10.4. The van der Waals surface area contributed by atoms with Crippen LogP contribution in [0.4, 0.5) is 5.69 Å². The molecule has 1 aromatic heterocycles. The van der Waals surface area contributed by atoms with Gasteiger partial charge in [0.1, 0.15) is 5.69 Å². The number of nitrogens with zero attached hydrogens (tertiary/aromatic N) is 1. The molecule has 1 unspecified atom stereocenters. The molecule has 1 atom stereocenters. The van der Waals surface area contributed by atoms with E-state index in [1.54, 1.807) is 62.5 Å². The van der Waals surface area contributed by atoms with Gasteiger partial charge in [0.25, 0.3) is 0 Å². The minimum absolute atomic E-state index is 0.0325. The molecule has 7 N–H and O–H groups in total. The molecule has 34 heavy (non-hydrogen) atoms. The molecular weight excluding hydrogens is 476 g/mol. The quantitative estimate of drug-likeness (QED) is 0.340. The zero-order chi connectivity index (χ0) is 24.7. The summed E-state index contributed by atoms with van der Waals surface area (Å²) < 4.78 is 48.8. The molecule has 2 aromatic carbocycles. The Labute approximate surface area is 198 Å². The lowest BCUT2D eigenvalue weighted by molar-refractivity contribution is 0.465. The summed E-state index contributed by atoms with van der Waals surface area (Å²) in [6.07, 6.45) is 1.72. The monoisotopic (exact) mass is 502 g/mol. The van der Waals surface area contributed by atoms with E-state index in [0.717, 1.165) is 0 Å². The number of hydrogen-bond acceptors (Lipinski definition) is 7. The van der Waals surface area contributed by atoms with Crippen LogP contribution in [0.15, 0.2) is 75.6 Å². The van der Waals surface area contributed by atoms with E-state index >= 15 is 0 Å². The van der Waals surface area contributed by atoms with Gasteiger partial charge in [-0.05, 0) is 43.7 Å². The summed E-state index contributed by atoms with van der Waals surface area (Å²) in [6.45, 7) is 3.38. The molecule has 12 heteroatoms. The Morgan fingerprint density at radius 2 is 1.65 bits per heavy atom. The molecule has 0 saturated carbocycles. The van der Waals surface area contributed by atoms with E-state index in [-0.39, 0.29) is 16.3 Å². The molecular formula is C22H26N6O4S2. The van der Waals surface area contributed by atoms with Gasteiger partial charge in [0, 0.05) is 11.8 Å². The van der Waals surface area contributed by atoms with E-state index in [4.69, 9.17) is 10.9 Å². The number of sulfonamides is 1. The first-order chi connectivity index (χ1) is 15.9. The second-order valence-electron chi connectivity index (χ2n) is 8.26. The maximum atomic E-state index is 12.8. The van der Waals surface area contributed by atoms with Crippen LogP contribution in [0.3, 0.4) is 0 Å². The standard InChI is InChI=1S/C22H26N6O4S2/c1-14(2)33(29,30)19-6-4-3-5-15(19)13-26-21-20-18(11-12-25-20)27-22(23,28-21)16-7-9-17(10-8-16)34(24,31)32/h3-12,14,25,27H,13,23H2,1-2H3,(H,26,28)(H2,24,31,32). The van der Waals surface area contributed by atoms with Gasteiger partial charge in [-0.1, -0.05) is 30.3 Å². The van der Waals surface area contributed by atoms with Crippen LogP contribution in [0.25, 0.3) is 0 Å². The van der Waals surface area contributed by atoms with Gasteiger partial charge >= 0.3 is 0 Å². The number of aromatic amines is 1. The van der Waals surface area contributed by atoms with Crippen LogP contribution in [-0.2, 0) is 32.2 Å². The first-order valence-corrected chi connectivity index (χ1v) is 13.5. The highest BCUT2D eigenvalue weighted by atomic mass is 32.2. The van der Waals surface area contributed by atoms with Crippen LogP contribution >= 0.6 is 0 Å². The fourth-order valence-corrected chi connectivity index (χ4v) is 5.45. The van der Waals surface area contributed by atoms with Crippen LogP contribution in [0, 0.1) is 0 Å². The number of nitrogens with one attached hydrogen (secondary N) is 3. The van der Waals surface area contributed by atoms with Gasteiger partial charge in [0.15, 0.2) is 21.5 Å². The van der Waals surface area contributed by atoms with E-state index in [1.165, 1.54) is 12.1 Å². The molecule has 10 nitrogen and oxygen atoms in total. The Morgan fingerprint density at radius 3 is 2.29 bits per heavy atom. The number of benzene rings is 2. The zero-order valence-corrected chi connectivity index (χ0v) is 20.2. The maximum absolute atomic E-state index is 12.8. The molecule has 0 fully saturated rings. The fourth-order valence-electron chi connectivity index (χ4n) is 3.66. The summed E-state index contributed by atoms with van der Waals surface area (Å²) in [4.78, 5) is 7.96. The number of aromatic nitrogens is 1. The van der Waals surface area contributed by atoms with Crippen LogP contribution in [0.2, 0.25) is 0 Å². The molecule has 3 aromatic rings. The molecule has 0 aliphatic carbocycles. The van der Waals surface area contributed by atoms with Gasteiger partial charge < -0.3 is 15.6 Å². The topological polar surface area (TPSA) is 173 Å². The highest BCUT2D eigenvalue weighted by Crippen LogP contribution is 2.29. The second-order valence-corrected chi connectivity index (χ2v) is 12.3. The van der Waals surface area contributed by atoms with Crippen LogP contribution in [0.5, 0.6) is 0 Å². The van der Waals surface area contributed by atoms with E-state index in [1.807, 2.05) is 0 Å². The summed E-state index contributed by atoms with van der Waals surface area (Å²) in [5.41, 5.74) is 9.07. The van der Waals surface area contributed by atoms with Crippen molar-refractivity contribution < 1.29 is 16.8 Å². The van der Waals surface area contributed by atoms with Crippen LogP contribution < -0.4 is 21.5 Å². The summed E-state index contributed by atoms with van der Waals surface area (Å²) in [5.74, 6) is -0.887. The third-order valence-electron chi connectivity index (χ3n) is 5.58. The average Bonchev–Trinajstić information content (AvgIpc) is 3.25. The van der Waals surface area contributed by atoms with E-state index in [2.05, 4.69) is 20.6 Å². The highest BCUT2D eigenvalue weighted by molar-refractivity contribution is 7.92. The Bertz CT molecular complexity index is 1460. The maximum Gasteiger partial charge on any atom is 0.238 e. The number of H-pyrrole nitrogens is 1. The number of anilines is 1. The number of hydrogen-bond donors (Lipinski definition) is 5. The third-order valence-corrected chi connectivity index (χ3v) is 8.76. The summed E-state index contributed by atoms with van der Waals surface area (Å²) >= 11 is 0. The van der Waals surface area contributed by atoms with Crippen molar-refractivity contribution in [3.8, 4) is 0 Å². The highest BCUT2D eigenvalue weighted by Gasteiger charge is 2.35. The van der Waals surface area contributed by atoms with Crippen molar-refractivity contribution in [3.05, 3.63) is 77.6 Å². The fraction of sp³-hybridized carbons (Fsp3) is 0.227. The SMILES string of the molecule is CC(C)S(=O)(=O)c1ccccc1CN=C1NC(N)(c2ccc(S(N)(=O)=O)cc2)Nc2cc[nH]c21. The number of sulfone groups is 1. The molecule has 0 amide bonds. The number of aliphatic imine (C=N–C) groups is 1. The predicted octanol–water partition coefficient (Wildman–Crippen LogP) is 1.58. The second kappa shape index (κ2) is 8.55. The number of nitrogens with two attached hydrogens (primary N) is 2. The lowest BCUT2D eigenvalue weighted by atomic mass is 10.0. The van der Waals surface area contributed by atoms with Crippen molar-refractivity contribution in [2.45, 2.75) is 41.2 Å². The van der Waals surface area contributed by atoms with E-state index in [9.17, 15) is 16.8 Å². The predicted molar refractivity (Wildman–Crippen MR) is 130 cm³/mol. The molecule has 0 spiro atoms. The van der Waals surface area contributed by atoms with Crippen molar-refractivity contribution in [3.63, 3.8) is 0 Å². The van der Waals surface area contributed by atoms with Gasteiger partial charge in [-0.15, -0.1) is 0 Å². The van der Waals surface area contributed by atoms with Crippen molar-refractivity contribution in [1.29, 1.82) is 0 Å². The summed E-state index contributed by atoms with van der Waals surface area (Å²) in [7, 11) is -7.33. The van der Waals surface area contributed by atoms with Gasteiger partial charge in [0.2, 0.25) is 10.0 Å². The summed E-state index contributed by atoms with van der Waals surface area (Å²) in [6, 6.07) is 14.4. The summed E-state index contributed by atoms with van der Waals surface area (Å²) in [5, 5.41) is 11.0. The molecule has 2 heterocycles. The van der Waals surface area contributed by atoms with Crippen molar-refractivity contribution >= 4 is 31.4 Å². The zero-order valence-electron chi connectivity index (χ0n) is 18.6. The van der Waals surface area contributed by atoms with E-state index < -0.39 is 30.9 Å². The van der Waals surface area contributed by atoms with Crippen molar-refractivity contribution in [1.82, 2.24) is 10.3 Å². The lowest BCUT2D eigenvalue weighted by Crippen LogP contribution is -2.61. The Kier molecular flexibility index (Phi) is 6.02. The Morgan fingerprint density at radius 1 is 0.971 bits per heavy atom. The van der Waals surface area contributed by atoms with Crippen LogP contribution in [-0.4, -0.2) is 32.9 Å². The van der Waals surface area contributed by atoms with E-state index in [0.29, 0.717) is 28.3 Å². The minimum Gasteiger partial charge on any atom is -0.357 e. The van der Waals surface area contributed by atoms with Gasteiger partial charge in [-0.3, -0.25) is 10.7 Å². The van der Waals surface area contributed by atoms with Gasteiger partial charge in [0.05, 0.1) is 27.3 Å². The third kappa shape index (κ3) is 4.44. The number of primary sulfonamides is 1. The smallest absolute Gasteiger partial charge is 0.238 e. The number of amidine groups is 1. The molecule has 0 radical (unpaired) electrons. The number of rotatable bonds is 6. The molecule has 1 aliphatic heterocycles. The minimum atomic E-state index is -3.84. The average molecular weight is 503 g/mol. The van der Waals surface area contributed by atoms with Crippen molar-refractivity contribution in [2.24, 2.45) is 15.9 Å². The van der Waals surface area contributed by atoms with Gasteiger partial charge in [-0.2, -0.15) is 0 Å². The molecule has 1 aliphatic rings. The lowest BCUT2D eigenvalue weighted by Gasteiger charge is -2.38. The van der Waals surface area contributed by atoms with Crippen molar-refractivity contribution in [2.75, 3.05) is 5.32 Å². The Balaban J connectivity index is 1.70. The largest absolute Gasteiger partial charge is 0.357 e. The molecule has 4 rings (SSSR count).